The fraction of sp³-hybridized carbons (Fsp3) is 0.207. The van der Waals surface area contributed by atoms with Crippen LogP contribution in [0.15, 0.2) is 104 Å². The Bertz CT molecular complexity index is 1050. The standard InChI is InChI=1S/C29H31NO3/c1-4-5-23-30(26-18-20-27(32-2)21-19-26)29(28(31)33-3,25-16-10-7-11-17-25)22-12-15-24-13-8-6-9-14-24/h4,6-21H,1,5,22-23H2,2-3H3/b15-12+/t29-/m0/s1. The molecule has 170 valence electrons. The molecule has 0 heterocycles. The van der Waals surface area contributed by atoms with Crippen molar-refractivity contribution in [2.75, 3.05) is 25.7 Å². The van der Waals surface area contributed by atoms with Gasteiger partial charge >= 0.3 is 5.97 Å². The van der Waals surface area contributed by atoms with E-state index in [1.807, 2.05) is 103 Å². The average Bonchev–Trinajstić information content (AvgIpc) is 2.88. The van der Waals surface area contributed by atoms with Gasteiger partial charge in [0.2, 0.25) is 0 Å². The van der Waals surface area contributed by atoms with Crippen molar-refractivity contribution in [3.05, 3.63) is 115 Å². The molecular formula is C29H31NO3. The van der Waals surface area contributed by atoms with Crippen LogP contribution in [-0.4, -0.2) is 26.7 Å². The van der Waals surface area contributed by atoms with Crippen LogP contribution in [-0.2, 0) is 15.1 Å². The van der Waals surface area contributed by atoms with Crippen LogP contribution < -0.4 is 9.64 Å². The summed E-state index contributed by atoms with van der Waals surface area (Å²) in [5, 5.41) is 0. The highest BCUT2D eigenvalue weighted by Gasteiger charge is 2.46. The molecule has 0 unspecified atom stereocenters. The number of ether oxygens (including phenoxy) is 2. The molecule has 3 rings (SSSR count). The van der Waals surface area contributed by atoms with Crippen molar-refractivity contribution in [2.45, 2.75) is 18.4 Å². The summed E-state index contributed by atoms with van der Waals surface area (Å²) in [4.78, 5) is 15.7. The first-order chi connectivity index (χ1) is 16.2. The molecule has 0 fully saturated rings. The molecule has 0 bridgehead atoms. The Morgan fingerprint density at radius 1 is 0.939 bits per heavy atom. The van der Waals surface area contributed by atoms with Crippen molar-refractivity contribution in [1.82, 2.24) is 0 Å². The normalized spacial score (nSPS) is 12.7. The van der Waals surface area contributed by atoms with Crippen molar-refractivity contribution in [3.8, 4) is 5.75 Å². The fourth-order valence-electron chi connectivity index (χ4n) is 4.03. The lowest BCUT2D eigenvalue weighted by molar-refractivity contribution is -0.147. The molecule has 0 aromatic heterocycles. The summed E-state index contributed by atoms with van der Waals surface area (Å²) in [6.07, 6.45) is 7.09. The van der Waals surface area contributed by atoms with E-state index in [-0.39, 0.29) is 5.97 Å². The second-order valence-electron chi connectivity index (χ2n) is 7.66. The minimum absolute atomic E-state index is 0.314. The Hall–Kier alpha value is -3.79. The molecule has 3 aromatic rings. The quantitative estimate of drug-likeness (QED) is 0.260. The molecule has 0 saturated heterocycles. The third-order valence-corrected chi connectivity index (χ3v) is 5.70. The van der Waals surface area contributed by atoms with Gasteiger partial charge in [0.15, 0.2) is 5.54 Å². The molecule has 4 nitrogen and oxygen atoms in total. The number of hydrogen-bond donors (Lipinski definition) is 0. The first-order valence-electron chi connectivity index (χ1n) is 11.0. The van der Waals surface area contributed by atoms with Gasteiger partial charge in [-0.3, -0.25) is 0 Å². The largest absolute Gasteiger partial charge is 0.497 e. The van der Waals surface area contributed by atoms with Crippen LogP contribution in [0.2, 0.25) is 0 Å². The van der Waals surface area contributed by atoms with Gasteiger partial charge in [-0.05, 0) is 41.8 Å². The molecule has 33 heavy (non-hydrogen) atoms. The van der Waals surface area contributed by atoms with E-state index in [0.29, 0.717) is 19.4 Å². The van der Waals surface area contributed by atoms with E-state index in [0.717, 1.165) is 22.6 Å². The summed E-state index contributed by atoms with van der Waals surface area (Å²) in [6, 6.07) is 27.6. The lowest BCUT2D eigenvalue weighted by atomic mass is 9.83. The van der Waals surface area contributed by atoms with E-state index in [1.165, 1.54) is 7.11 Å². The third-order valence-electron chi connectivity index (χ3n) is 5.70. The van der Waals surface area contributed by atoms with Crippen molar-refractivity contribution in [1.29, 1.82) is 0 Å². The maximum Gasteiger partial charge on any atom is 0.336 e. The van der Waals surface area contributed by atoms with E-state index < -0.39 is 5.54 Å². The zero-order valence-corrected chi connectivity index (χ0v) is 19.3. The van der Waals surface area contributed by atoms with Gasteiger partial charge in [-0.25, -0.2) is 4.79 Å². The Morgan fingerprint density at radius 2 is 1.58 bits per heavy atom. The summed E-state index contributed by atoms with van der Waals surface area (Å²) in [7, 11) is 3.09. The molecule has 0 radical (unpaired) electrons. The van der Waals surface area contributed by atoms with Crippen LogP contribution in [0.3, 0.4) is 0 Å². The van der Waals surface area contributed by atoms with E-state index in [1.54, 1.807) is 7.11 Å². The third kappa shape index (κ3) is 5.53. The van der Waals surface area contributed by atoms with Crippen LogP contribution in [0, 0.1) is 0 Å². The SMILES string of the molecule is C=CCCN(c1ccc(OC)cc1)[C@](C/C=C/c1ccccc1)(C(=O)OC)c1ccccc1. The first-order valence-corrected chi connectivity index (χ1v) is 11.0. The Morgan fingerprint density at radius 3 is 2.15 bits per heavy atom. The lowest BCUT2D eigenvalue weighted by Crippen LogP contribution is -2.53. The van der Waals surface area contributed by atoms with Crippen LogP contribution in [0.25, 0.3) is 6.08 Å². The van der Waals surface area contributed by atoms with Gasteiger partial charge in [0.25, 0.3) is 0 Å². The highest BCUT2D eigenvalue weighted by atomic mass is 16.5. The summed E-state index contributed by atoms with van der Waals surface area (Å²) >= 11 is 0. The minimum Gasteiger partial charge on any atom is -0.497 e. The van der Waals surface area contributed by atoms with E-state index >= 15 is 0 Å². The van der Waals surface area contributed by atoms with Crippen molar-refractivity contribution in [2.24, 2.45) is 0 Å². The maximum atomic E-state index is 13.6. The first kappa shape index (κ1) is 23.9. The zero-order chi connectivity index (χ0) is 23.5. The predicted octanol–water partition coefficient (Wildman–Crippen LogP) is 6.25. The van der Waals surface area contributed by atoms with Crippen molar-refractivity contribution >= 4 is 17.7 Å². The molecule has 0 N–H and O–H groups in total. The number of nitrogens with zero attached hydrogens (tertiary/aromatic N) is 1. The van der Waals surface area contributed by atoms with E-state index in [9.17, 15) is 4.79 Å². The van der Waals surface area contributed by atoms with Gasteiger partial charge in [0.05, 0.1) is 14.2 Å². The molecule has 4 heteroatoms. The topological polar surface area (TPSA) is 38.8 Å². The maximum absolute atomic E-state index is 13.6. The van der Waals surface area contributed by atoms with Crippen LogP contribution in [0.5, 0.6) is 5.75 Å². The molecule has 0 spiro atoms. The number of benzene rings is 3. The predicted molar refractivity (Wildman–Crippen MR) is 135 cm³/mol. The summed E-state index contributed by atoms with van der Waals surface area (Å²) in [5.41, 5.74) is 1.79. The highest BCUT2D eigenvalue weighted by molar-refractivity contribution is 5.87. The van der Waals surface area contributed by atoms with Gasteiger partial charge in [-0.15, -0.1) is 6.58 Å². The van der Waals surface area contributed by atoms with Crippen LogP contribution >= 0.6 is 0 Å². The Kier molecular flexibility index (Phi) is 8.48. The van der Waals surface area contributed by atoms with E-state index in [4.69, 9.17) is 9.47 Å². The lowest BCUT2D eigenvalue weighted by Gasteiger charge is -2.43. The average molecular weight is 442 g/mol. The van der Waals surface area contributed by atoms with Gasteiger partial charge < -0.3 is 14.4 Å². The summed E-state index contributed by atoms with van der Waals surface area (Å²) < 4.78 is 10.8. The number of methoxy groups -OCH3 is 2. The molecular weight excluding hydrogens is 410 g/mol. The summed E-state index contributed by atoms with van der Waals surface area (Å²) in [6.45, 7) is 4.49. The van der Waals surface area contributed by atoms with E-state index in [2.05, 4.69) is 11.5 Å². The highest BCUT2D eigenvalue weighted by Crippen LogP contribution is 2.39. The molecule has 0 aliphatic heterocycles. The molecule has 0 saturated carbocycles. The molecule has 0 amide bonds. The van der Waals surface area contributed by atoms with Crippen LogP contribution in [0.1, 0.15) is 24.0 Å². The second-order valence-corrected chi connectivity index (χ2v) is 7.66. The molecule has 3 aromatic carbocycles. The molecule has 0 aliphatic carbocycles. The molecule has 0 aliphatic rings. The number of hydrogen-bond acceptors (Lipinski definition) is 4. The van der Waals surface area contributed by atoms with Crippen molar-refractivity contribution in [3.63, 3.8) is 0 Å². The monoisotopic (exact) mass is 441 g/mol. The fourth-order valence-corrected chi connectivity index (χ4v) is 4.03. The smallest absolute Gasteiger partial charge is 0.336 e. The van der Waals surface area contributed by atoms with Gasteiger partial charge in [-0.1, -0.05) is 78.9 Å². The van der Waals surface area contributed by atoms with Gasteiger partial charge in [0.1, 0.15) is 5.75 Å². The zero-order valence-electron chi connectivity index (χ0n) is 19.3. The Labute approximate surface area is 196 Å². The number of esters is 1. The van der Waals surface area contributed by atoms with Crippen LogP contribution in [0.4, 0.5) is 5.69 Å². The van der Waals surface area contributed by atoms with Gasteiger partial charge in [0, 0.05) is 18.7 Å². The molecule has 1 atom stereocenters. The number of anilines is 1. The van der Waals surface area contributed by atoms with Gasteiger partial charge in [-0.2, -0.15) is 0 Å². The Balaban J connectivity index is 2.16. The number of carbonyl (C=O) groups is 1. The minimum atomic E-state index is -1.06. The van der Waals surface area contributed by atoms with Crippen molar-refractivity contribution < 1.29 is 14.3 Å². The number of rotatable bonds is 11. The number of carbonyl (C=O) groups excluding carboxylic acids is 1. The summed E-state index contributed by atoms with van der Waals surface area (Å²) in [5.74, 6) is 0.445. The second kappa shape index (κ2) is 11.7.